The fourth-order valence-corrected chi connectivity index (χ4v) is 0.618. The van der Waals surface area contributed by atoms with Crippen molar-refractivity contribution >= 4 is 5.69 Å². The topological polar surface area (TPSA) is 43.1 Å². The second kappa shape index (κ2) is 4.38. The summed E-state index contributed by atoms with van der Waals surface area (Å²) < 4.78 is 0. The van der Waals surface area contributed by atoms with Gasteiger partial charge in [0.2, 0.25) is 5.69 Å². The number of nitrogens with zero attached hydrogens (tertiary/aromatic N) is 1. The molecule has 0 saturated carbocycles. The normalized spacial score (nSPS) is 8.36. The first-order chi connectivity index (χ1) is 4.70. The summed E-state index contributed by atoms with van der Waals surface area (Å²) in [5, 5.41) is 10.1. The Hall–Kier alpha value is -0.510. The molecule has 1 aromatic rings. The van der Waals surface area contributed by atoms with Gasteiger partial charge in [0.25, 0.3) is 0 Å². The predicted molar refractivity (Wildman–Crippen MR) is 37.6 cm³/mol. The van der Waals surface area contributed by atoms with Crippen molar-refractivity contribution in [3.05, 3.63) is 46.9 Å². The first-order valence-corrected chi connectivity index (χ1v) is 2.76. The third-order valence-electron chi connectivity index (χ3n) is 1.15. The third-order valence-corrected chi connectivity index (χ3v) is 1.15. The summed E-state index contributed by atoms with van der Waals surface area (Å²) in [6, 6.07) is 6.08. The van der Waals surface area contributed by atoms with E-state index < -0.39 is 4.92 Å². The van der Waals surface area contributed by atoms with Gasteiger partial charge in [-0.25, -0.2) is 0 Å². The van der Waals surface area contributed by atoms with E-state index >= 15 is 0 Å². The number of rotatable bonds is 1. The number of hydrogen-bond acceptors (Lipinski definition) is 2. The SMILES string of the molecule is [CH2-]c1ccc([N+](=O)[O-])cc1.[Na+]. The Labute approximate surface area is 86.9 Å². The number of nitro groups is 1. The summed E-state index contributed by atoms with van der Waals surface area (Å²) >= 11 is 0. The van der Waals surface area contributed by atoms with Crippen LogP contribution in [0.5, 0.6) is 0 Å². The first-order valence-electron chi connectivity index (χ1n) is 2.76. The summed E-state index contributed by atoms with van der Waals surface area (Å²) in [6.45, 7) is 3.60. The van der Waals surface area contributed by atoms with E-state index in [1.165, 1.54) is 12.1 Å². The molecule has 1 aromatic carbocycles. The average Bonchev–Trinajstić information content (AvgIpc) is 1.88. The summed E-state index contributed by atoms with van der Waals surface area (Å²) in [7, 11) is 0. The monoisotopic (exact) mass is 159 g/mol. The van der Waals surface area contributed by atoms with Crippen LogP contribution in [0.1, 0.15) is 5.56 Å². The molecule has 11 heavy (non-hydrogen) atoms. The van der Waals surface area contributed by atoms with Gasteiger partial charge in [-0.3, -0.25) is 10.1 Å². The summed E-state index contributed by atoms with van der Waals surface area (Å²) in [4.78, 5) is 9.67. The van der Waals surface area contributed by atoms with Crippen LogP contribution in [0.25, 0.3) is 0 Å². The van der Waals surface area contributed by atoms with E-state index in [9.17, 15) is 10.1 Å². The van der Waals surface area contributed by atoms with E-state index in [1.807, 2.05) is 0 Å². The van der Waals surface area contributed by atoms with Gasteiger partial charge in [-0.15, -0.1) is 0 Å². The van der Waals surface area contributed by atoms with Crippen molar-refractivity contribution in [1.82, 2.24) is 0 Å². The van der Waals surface area contributed by atoms with Crippen LogP contribution >= 0.6 is 0 Å². The number of benzene rings is 1. The molecule has 0 atom stereocenters. The molecule has 0 bridgehead atoms. The molecule has 0 unspecified atom stereocenters. The maximum atomic E-state index is 10.1. The molecule has 0 fully saturated rings. The van der Waals surface area contributed by atoms with Crippen LogP contribution in [-0.4, -0.2) is 4.92 Å². The number of non-ortho nitro benzene ring substituents is 1. The van der Waals surface area contributed by atoms with Gasteiger partial charge in [0.1, 0.15) is 0 Å². The Morgan fingerprint density at radius 2 is 1.73 bits per heavy atom. The van der Waals surface area contributed by atoms with Crippen molar-refractivity contribution < 1.29 is 34.5 Å². The Morgan fingerprint density at radius 1 is 1.27 bits per heavy atom. The molecule has 4 heteroatoms. The van der Waals surface area contributed by atoms with Crippen molar-refractivity contribution in [1.29, 1.82) is 0 Å². The maximum Gasteiger partial charge on any atom is 1.00 e. The van der Waals surface area contributed by atoms with E-state index in [0.717, 1.165) is 5.56 Å². The van der Waals surface area contributed by atoms with Crippen molar-refractivity contribution in [2.45, 2.75) is 0 Å². The quantitative estimate of drug-likeness (QED) is 0.223. The van der Waals surface area contributed by atoms with Crippen LogP contribution in [0.15, 0.2) is 24.3 Å². The molecule has 0 amide bonds. The molecule has 3 nitrogen and oxygen atoms in total. The molecule has 0 radical (unpaired) electrons. The van der Waals surface area contributed by atoms with Crippen LogP contribution in [0.2, 0.25) is 0 Å². The maximum absolute atomic E-state index is 10.1. The minimum Gasteiger partial charge on any atom is -0.258 e. The van der Waals surface area contributed by atoms with Gasteiger partial charge in [-0.2, -0.15) is 24.6 Å². The predicted octanol–water partition coefficient (Wildman–Crippen LogP) is -1.22. The van der Waals surface area contributed by atoms with Crippen LogP contribution in [0.3, 0.4) is 0 Å². The Bertz CT molecular complexity index is 245. The average molecular weight is 159 g/mol. The number of nitro benzene ring substituents is 1. The molecule has 0 aliphatic rings. The Kier molecular flexibility index (Phi) is 4.18. The zero-order valence-electron chi connectivity index (χ0n) is 6.28. The van der Waals surface area contributed by atoms with E-state index in [0.29, 0.717) is 0 Å². The second-order valence-electron chi connectivity index (χ2n) is 1.92. The minimum absolute atomic E-state index is 0. The van der Waals surface area contributed by atoms with Gasteiger partial charge < -0.3 is 0 Å². The molecule has 0 saturated heterocycles. The van der Waals surface area contributed by atoms with Crippen molar-refractivity contribution in [3.63, 3.8) is 0 Å². The number of hydrogen-bond donors (Lipinski definition) is 0. The Morgan fingerprint density at radius 3 is 2.09 bits per heavy atom. The molecule has 0 heterocycles. The molecule has 52 valence electrons. The van der Waals surface area contributed by atoms with Crippen LogP contribution in [0.4, 0.5) is 5.69 Å². The zero-order chi connectivity index (χ0) is 7.56. The van der Waals surface area contributed by atoms with Crippen LogP contribution in [-0.2, 0) is 0 Å². The standard InChI is InChI=1S/C7H6NO2.Na/c1-6-2-4-7(5-3-6)8(9)10;/h2-5H,1H2;/q-1;+1. The van der Waals surface area contributed by atoms with Crippen molar-refractivity contribution in [2.75, 3.05) is 0 Å². The van der Waals surface area contributed by atoms with Gasteiger partial charge in [-0.1, -0.05) is 0 Å². The zero-order valence-corrected chi connectivity index (χ0v) is 8.28. The molecule has 0 aliphatic heterocycles. The first kappa shape index (κ1) is 10.5. The van der Waals surface area contributed by atoms with E-state index in [4.69, 9.17) is 0 Å². The van der Waals surface area contributed by atoms with E-state index in [2.05, 4.69) is 6.92 Å². The fraction of sp³-hybridized carbons (Fsp3) is 0. The Balaban J connectivity index is 0.000001000. The van der Waals surface area contributed by atoms with E-state index in [1.54, 1.807) is 12.1 Å². The van der Waals surface area contributed by atoms with Gasteiger partial charge in [0.15, 0.2) is 0 Å². The van der Waals surface area contributed by atoms with Gasteiger partial charge in [0.05, 0.1) is 4.92 Å². The summed E-state index contributed by atoms with van der Waals surface area (Å²) in [5.41, 5.74) is 0.887. The van der Waals surface area contributed by atoms with E-state index in [-0.39, 0.29) is 35.2 Å². The third kappa shape index (κ3) is 2.93. The minimum atomic E-state index is -0.431. The summed E-state index contributed by atoms with van der Waals surface area (Å²) in [6.07, 6.45) is 0. The van der Waals surface area contributed by atoms with Gasteiger partial charge in [-0.05, 0) is 12.1 Å². The molecular weight excluding hydrogens is 153 g/mol. The van der Waals surface area contributed by atoms with Crippen molar-refractivity contribution in [2.24, 2.45) is 0 Å². The van der Waals surface area contributed by atoms with Gasteiger partial charge in [0, 0.05) is 0 Å². The second-order valence-corrected chi connectivity index (χ2v) is 1.92. The molecule has 0 spiro atoms. The fourth-order valence-electron chi connectivity index (χ4n) is 0.618. The van der Waals surface area contributed by atoms with Crippen LogP contribution in [0, 0.1) is 17.0 Å². The van der Waals surface area contributed by atoms with Gasteiger partial charge >= 0.3 is 29.6 Å². The smallest absolute Gasteiger partial charge is 0.258 e. The largest absolute Gasteiger partial charge is 1.00 e. The molecule has 0 N–H and O–H groups in total. The van der Waals surface area contributed by atoms with Crippen molar-refractivity contribution in [3.8, 4) is 0 Å². The molecule has 1 rings (SSSR count). The molecule has 0 aromatic heterocycles. The van der Waals surface area contributed by atoms with Crippen LogP contribution < -0.4 is 29.6 Å². The molecule has 0 aliphatic carbocycles. The summed E-state index contributed by atoms with van der Waals surface area (Å²) in [5.74, 6) is 0. The molecular formula is C7H6NNaO2.